The van der Waals surface area contributed by atoms with Crippen molar-refractivity contribution >= 4 is 11.7 Å². The Hall–Kier alpha value is -2.77. The van der Waals surface area contributed by atoms with Gasteiger partial charge < -0.3 is 4.90 Å². The molecule has 3 aromatic heterocycles. The molecule has 1 saturated heterocycles. The first-order chi connectivity index (χ1) is 11.8. The van der Waals surface area contributed by atoms with Crippen molar-refractivity contribution in [2.24, 2.45) is 0 Å². The van der Waals surface area contributed by atoms with E-state index >= 15 is 0 Å². The Morgan fingerprint density at radius 3 is 3.08 bits per heavy atom. The highest BCUT2D eigenvalue weighted by Crippen LogP contribution is 2.27. The van der Waals surface area contributed by atoms with E-state index < -0.39 is 0 Å². The maximum absolute atomic E-state index is 12.7. The number of nitrogens with zero attached hydrogens (tertiary/aromatic N) is 7. The summed E-state index contributed by atoms with van der Waals surface area (Å²) in [7, 11) is 0. The van der Waals surface area contributed by atoms with Crippen LogP contribution in [0.25, 0.3) is 5.78 Å². The van der Waals surface area contributed by atoms with Gasteiger partial charge in [0, 0.05) is 37.9 Å². The normalized spacial score (nSPS) is 18.2. The van der Waals surface area contributed by atoms with Crippen LogP contribution in [-0.2, 0) is 6.54 Å². The quantitative estimate of drug-likeness (QED) is 0.726. The molecule has 1 amide bonds. The summed E-state index contributed by atoms with van der Waals surface area (Å²) >= 11 is 0. The van der Waals surface area contributed by atoms with Crippen molar-refractivity contribution in [1.29, 1.82) is 0 Å². The highest BCUT2D eigenvalue weighted by Gasteiger charge is 2.27. The van der Waals surface area contributed by atoms with Gasteiger partial charge in [0.25, 0.3) is 11.7 Å². The first-order valence-corrected chi connectivity index (χ1v) is 8.22. The predicted octanol–water partition coefficient (Wildman–Crippen LogP) is 1.36. The molecule has 0 spiro atoms. The molecule has 1 aliphatic rings. The van der Waals surface area contributed by atoms with E-state index in [0.717, 1.165) is 31.6 Å². The molecule has 0 radical (unpaired) electrons. The third-order valence-electron chi connectivity index (χ3n) is 4.54. The van der Waals surface area contributed by atoms with Gasteiger partial charge in [-0.1, -0.05) is 0 Å². The molecule has 4 heterocycles. The molecular formula is C16H19N7O. The Bertz CT molecular complexity index is 868. The van der Waals surface area contributed by atoms with Gasteiger partial charge >= 0.3 is 0 Å². The molecule has 1 atom stereocenters. The number of piperidine rings is 1. The summed E-state index contributed by atoms with van der Waals surface area (Å²) in [5, 5.41) is 8.46. The van der Waals surface area contributed by atoms with E-state index in [9.17, 15) is 4.79 Å². The summed E-state index contributed by atoms with van der Waals surface area (Å²) in [6, 6.07) is 1.97. The van der Waals surface area contributed by atoms with Crippen molar-refractivity contribution in [2.75, 3.05) is 13.1 Å². The molecule has 1 aliphatic heterocycles. The number of hydrogen-bond donors (Lipinski definition) is 0. The minimum absolute atomic E-state index is 0.0447. The van der Waals surface area contributed by atoms with E-state index in [4.69, 9.17) is 0 Å². The lowest BCUT2D eigenvalue weighted by atomic mass is 9.94. The zero-order chi connectivity index (χ0) is 16.5. The first kappa shape index (κ1) is 14.8. The van der Waals surface area contributed by atoms with E-state index in [1.807, 2.05) is 24.1 Å². The molecule has 8 heteroatoms. The average molecular weight is 325 g/mol. The van der Waals surface area contributed by atoms with Crippen LogP contribution in [0.2, 0.25) is 0 Å². The highest BCUT2D eigenvalue weighted by atomic mass is 16.2. The lowest BCUT2D eigenvalue weighted by Gasteiger charge is -2.32. The van der Waals surface area contributed by atoms with Crippen LogP contribution in [0.3, 0.4) is 0 Å². The average Bonchev–Trinajstić information content (AvgIpc) is 3.29. The Morgan fingerprint density at radius 2 is 2.25 bits per heavy atom. The standard InChI is InChI=1S/C16H19N7O/c1-2-22-10-13(8-19-22)15(24)21-7-3-4-12(9-21)14-5-6-17-16-18-11-20-23(14)16/h5-6,8,10-12H,2-4,7,9H2,1H3/t12-/m0/s1. The van der Waals surface area contributed by atoms with Gasteiger partial charge in [-0.3, -0.25) is 9.48 Å². The predicted molar refractivity (Wildman–Crippen MR) is 86.6 cm³/mol. The van der Waals surface area contributed by atoms with Gasteiger partial charge in [-0.25, -0.2) is 9.50 Å². The summed E-state index contributed by atoms with van der Waals surface area (Å²) < 4.78 is 3.55. The number of aryl methyl sites for hydroxylation is 1. The van der Waals surface area contributed by atoms with Crippen molar-refractivity contribution in [1.82, 2.24) is 34.3 Å². The maximum atomic E-state index is 12.7. The van der Waals surface area contributed by atoms with Crippen LogP contribution in [0, 0.1) is 0 Å². The van der Waals surface area contributed by atoms with Gasteiger partial charge in [-0.15, -0.1) is 0 Å². The van der Waals surface area contributed by atoms with Gasteiger partial charge in [0.15, 0.2) is 0 Å². The topological polar surface area (TPSA) is 81.2 Å². The van der Waals surface area contributed by atoms with Gasteiger partial charge in [0.05, 0.1) is 17.5 Å². The molecule has 1 fully saturated rings. The lowest BCUT2D eigenvalue weighted by Crippen LogP contribution is -2.39. The van der Waals surface area contributed by atoms with Crippen LogP contribution in [0.1, 0.15) is 41.7 Å². The van der Waals surface area contributed by atoms with Crippen molar-refractivity contribution in [3.63, 3.8) is 0 Å². The molecule has 0 unspecified atom stereocenters. The first-order valence-electron chi connectivity index (χ1n) is 8.22. The number of amides is 1. The Balaban J connectivity index is 1.57. The van der Waals surface area contributed by atoms with E-state index in [1.165, 1.54) is 6.33 Å². The van der Waals surface area contributed by atoms with Gasteiger partial charge in [-0.2, -0.15) is 15.2 Å². The van der Waals surface area contributed by atoms with E-state index in [1.54, 1.807) is 21.6 Å². The van der Waals surface area contributed by atoms with Crippen LogP contribution < -0.4 is 0 Å². The highest BCUT2D eigenvalue weighted by molar-refractivity contribution is 5.93. The van der Waals surface area contributed by atoms with E-state index in [-0.39, 0.29) is 11.8 Å². The minimum atomic E-state index is 0.0447. The number of hydrogen-bond acceptors (Lipinski definition) is 5. The summed E-state index contributed by atoms with van der Waals surface area (Å²) in [6.45, 7) is 4.22. The maximum Gasteiger partial charge on any atom is 0.257 e. The number of rotatable bonds is 3. The number of fused-ring (bicyclic) bond motifs is 1. The zero-order valence-electron chi connectivity index (χ0n) is 13.5. The second kappa shape index (κ2) is 6.03. The molecule has 0 bridgehead atoms. The Labute approximate surface area is 139 Å². The summed E-state index contributed by atoms with van der Waals surface area (Å²) in [5.74, 6) is 0.875. The summed E-state index contributed by atoms with van der Waals surface area (Å²) in [4.78, 5) is 23.0. The van der Waals surface area contributed by atoms with Crippen molar-refractivity contribution in [2.45, 2.75) is 32.2 Å². The van der Waals surface area contributed by atoms with Crippen molar-refractivity contribution in [3.8, 4) is 0 Å². The SMILES string of the molecule is CCn1cc(C(=O)N2CCC[C@H](c3ccnc4ncnn34)C2)cn1. The van der Waals surface area contributed by atoms with Crippen molar-refractivity contribution in [3.05, 3.63) is 42.2 Å². The van der Waals surface area contributed by atoms with E-state index in [0.29, 0.717) is 17.9 Å². The lowest BCUT2D eigenvalue weighted by molar-refractivity contribution is 0.0705. The smallest absolute Gasteiger partial charge is 0.257 e. The molecule has 0 aliphatic carbocycles. The molecule has 3 aromatic rings. The van der Waals surface area contributed by atoms with Crippen LogP contribution >= 0.6 is 0 Å². The molecule has 0 N–H and O–H groups in total. The molecule has 8 nitrogen and oxygen atoms in total. The van der Waals surface area contributed by atoms with Crippen LogP contribution in [-0.4, -0.2) is 53.3 Å². The molecule has 0 saturated carbocycles. The number of carbonyl (C=O) groups is 1. The molecule has 24 heavy (non-hydrogen) atoms. The van der Waals surface area contributed by atoms with Gasteiger partial charge in [-0.05, 0) is 25.8 Å². The summed E-state index contributed by atoms with van der Waals surface area (Å²) in [6.07, 6.45) is 8.72. The number of aromatic nitrogens is 6. The second-order valence-electron chi connectivity index (χ2n) is 6.02. The van der Waals surface area contributed by atoms with Crippen LogP contribution in [0.15, 0.2) is 31.0 Å². The zero-order valence-corrected chi connectivity index (χ0v) is 13.5. The number of carbonyl (C=O) groups excluding carboxylic acids is 1. The fourth-order valence-corrected chi connectivity index (χ4v) is 3.30. The van der Waals surface area contributed by atoms with Crippen LogP contribution in [0.4, 0.5) is 0 Å². The third kappa shape index (κ3) is 2.53. The van der Waals surface area contributed by atoms with Crippen LogP contribution in [0.5, 0.6) is 0 Å². The fourth-order valence-electron chi connectivity index (χ4n) is 3.30. The van der Waals surface area contributed by atoms with E-state index in [2.05, 4.69) is 20.2 Å². The number of likely N-dealkylation sites (tertiary alicyclic amines) is 1. The molecule has 124 valence electrons. The second-order valence-corrected chi connectivity index (χ2v) is 6.02. The molecule has 0 aromatic carbocycles. The monoisotopic (exact) mass is 325 g/mol. The Kier molecular flexibility index (Phi) is 3.72. The van der Waals surface area contributed by atoms with Crippen molar-refractivity contribution < 1.29 is 4.79 Å². The third-order valence-corrected chi connectivity index (χ3v) is 4.54. The Morgan fingerprint density at radius 1 is 1.33 bits per heavy atom. The molecular weight excluding hydrogens is 306 g/mol. The van der Waals surface area contributed by atoms with Gasteiger partial charge in [0.2, 0.25) is 0 Å². The largest absolute Gasteiger partial charge is 0.338 e. The summed E-state index contributed by atoms with van der Waals surface area (Å²) in [5.41, 5.74) is 1.71. The van der Waals surface area contributed by atoms with Gasteiger partial charge in [0.1, 0.15) is 6.33 Å². The molecule has 4 rings (SSSR count). The fraction of sp³-hybridized carbons (Fsp3) is 0.438. The minimum Gasteiger partial charge on any atom is -0.338 e.